The standard InChI is InChI=1S/C21H29N5O/c1-23-16-19(14-22-23)20-8-5-9-26(20)17-21(27)25-12-10-24(11-13-25)15-18-6-3-2-4-7-18/h2-4,6-7,14,16,20H,5,8-13,15,17H2,1H3. The predicted octanol–water partition coefficient (Wildman–Crippen LogP) is 1.90. The lowest BCUT2D eigenvalue weighted by Gasteiger charge is -2.36. The number of carbonyl (C=O) groups is 1. The molecule has 2 fully saturated rings. The smallest absolute Gasteiger partial charge is 0.236 e. The number of carbonyl (C=O) groups excluding carboxylic acids is 1. The zero-order chi connectivity index (χ0) is 18.6. The number of aromatic nitrogens is 2. The van der Waals surface area contributed by atoms with Crippen molar-refractivity contribution >= 4 is 5.91 Å². The van der Waals surface area contributed by atoms with Crippen molar-refractivity contribution in [1.82, 2.24) is 24.5 Å². The number of hydrogen-bond donors (Lipinski definition) is 0. The van der Waals surface area contributed by atoms with Crippen LogP contribution >= 0.6 is 0 Å². The third-order valence-electron chi connectivity index (χ3n) is 5.79. The second-order valence-electron chi connectivity index (χ2n) is 7.72. The lowest BCUT2D eigenvalue weighted by Crippen LogP contribution is -2.50. The van der Waals surface area contributed by atoms with Crippen LogP contribution in [-0.2, 0) is 18.4 Å². The van der Waals surface area contributed by atoms with Gasteiger partial charge in [0.05, 0.1) is 12.7 Å². The molecule has 2 aliphatic rings. The molecule has 0 bridgehead atoms. The van der Waals surface area contributed by atoms with Gasteiger partial charge >= 0.3 is 0 Å². The van der Waals surface area contributed by atoms with Gasteiger partial charge in [0, 0.05) is 57.6 Å². The Morgan fingerprint density at radius 3 is 2.59 bits per heavy atom. The third kappa shape index (κ3) is 4.39. The number of benzene rings is 1. The molecule has 6 heteroatoms. The predicted molar refractivity (Wildman–Crippen MR) is 105 cm³/mol. The fraction of sp³-hybridized carbons (Fsp3) is 0.524. The van der Waals surface area contributed by atoms with E-state index >= 15 is 0 Å². The van der Waals surface area contributed by atoms with Gasteiger partial charge in [0.2, 0.25) is 5.91 Å². The van der Waals surface area contributed by atoms with Crippen LogP contribution in [0.15, 0.2) is 42.7 Å². The normalized spacial score (nSPS) is 21.7. The van der Waals surface area contributed by atoms with Crippen LogP contribution in [0.4, 0.5) is 0 Å². The number of aryl methyl sites for hydroxylation is 1. The Bertz CT molecular complexity index is 751. The summed E-state index contributed by atoms with van der Waals surface area (Å²) in [6, 6.07) is 10.9. The van der Waals surface area contributed by atoms with E-state index in [1.807, 2.05) is 22.8 Å². The summed E-state index contributed by atoms with van der Waals surface area (Å²) in [5.74, 6) is 0.269. The van der Waals surface area contributed by atoms with Crippen molar-refractivity contribution in [2.75, 3.05) is 39.3 Å². The second-order valence-corrected chi connectivity index (χ2v) is 7.72. The molecule has 2 aliphatic heterocycles. The summed E-state index contributed by atoms with van der Waals surface area (Å²) in [5, 5.41) is 4.30. The first-order chi connectivity index (χ1) is 13.2. The number of rotatable bonds is 5. The van der Waals surface area contributed by atoms with Gasteiger partial charge in [0.15, 0.2) is 0 Å². The molecule has 6 nitrogen and oxygen atoms in total. The second kappa shape index (κ2) is 8.23. The maximum absolute atomic E-state index is 12.8. The molecule has 0 aliphatic carbocycles. The average molecular weight is 367 g/mol. The molecule has 2 saturated heterocycles. The minimum absolute atomic E-state index is 0.269. The van der Waals surface area contributed by atoms with Gasteiger partial charge in [-0.3, -0.25) is 19.3 Å². The monoisotopic (exact) mass is 367 g/mol. The van der Waals surface area contributed by atoms with E-state index in [-0.39, 0.29) is 5.91 Å². The van der Waals surface area contributed by atoms with E-state index < -0.39 is 0 Å². The largest absolute Gasteiger partial charge is 0.339 e. The highest BCUT2D eigenvalue weighted by Crippen LogP contribution is 2.31. The summed E-state index contributed by atoms with van der Waals surface area (Å²) in [6.07, 6.45) is 6.28. The van der Waals surface area contributed by atoms with Crippen LogP contribution < -0.4 is 0 Å². The molecule has 0 spiro atoms. The number of hydrogen-bond acceptors (Lipinski definition) is 4. The Balaban J connectivity index is 1.28. The molecule has 0 saturated carbocycles. The molecule has 1 unspecified atom stereocenters. The van der Waals surface area contributed by atoms with Gasteiger partial charge in [-0.2, -0.15) is 5.10 Å². The zero-order valence-corrected chi connectivity index (χ0v) is 16.1. The highest BCUT2D eigenvalue weighted by molar-refractivity contribution is 5.78. The van der Waals surface area contributed by atoms with Crippen LogP contribution in [0, 0.1) is 0 Å². The molecule has 2 aromatic rings. The van der Waals surface area contributed by atoms with E-state index in [0.717, 1.165) is 52.1 Å². The van der Waals surface area contributed by atoms with Crippen molar-refractivity contribution in [3.8, 4) is 0 Å². The first kappa shape index (κ1) is 18.2. The van der Waals surface area contributed by atoms with Crippen molar-refractivity contribution in [3.05, 3.63) is 53.9 Å². The van der Waals surface area contributed by atoms with Crippen LogP contribution in [0.5, 0.6) is 0 Å². The summed E-state index contributed by atoms with van der Waals surface area (Å²) in [6.45, 7) is 6.06. The molecular weight excluding hydrogens is 338 g/mol. The van der Waals surface area contributed by atoms with E-state index in [4.69, 9.17) is 0 Å². The summed E-state index contributed by atoms with van der Waals surface area (Å²) in [7, 11) is 1.95. The van der Waals surface area contributed by atoms with E-state index in [2.05, 4.69) is 51.4 Å². The summed E-state index contributed by atoms with van der Waals surface area (Å²) < 4.78 is 1.85. The maximum atomic E-state index is 12.8. The van der Waals surface area contributed by atoms with Crippen LogP contribution in [0.1, 0.15) is 30.0 Å². The zero-order valence-electron chi connectivity index (χ0n) is 16.1. The Kier molecular flexibility index (Phi) is 5.55. The molecule has 0 N–H and O–H groups in total. The first-order valence-electron chi connectivity index (χ1n) is 9.96. The van der Waals surface area contributed by atoms with Crippen LogP contribution in [-0.4, -0.2) is 69.7 Å². The molecule has 1 atom stereocenters. The molecule has 4 rings (SSSR count). The Labute approximate surface area is 161 Å². The lowest BCUT2D eigenvalue weighted by molar-refractivity contribution is -0.134. The van der Waals surface area contributed by atoms with Crippen LogP contribution in [0.3, 0.4) is 0 Å². The van der Waals surface area contributed by atoms with Crippen molar-refractivity contribution in [2.45, 2.75) is 25.4 Å². The molecule has 144 valence electrons. The van der Waals surface area contributed by atoms with Crippen LogP contribution in [0.25, 0.3) is 0 Å². The summed E-state index contributed by atoms with van der Waals surface area (Å²) >= 11 is 0. The fourth-order valence-electron chi connectivity index (χ4n) is 4.28. The lowest BCUT2D eigenvalue weighted by atomic mass is 10.1. The highest BCUT2D eigenvalue weighted by atomic mass is 16.2. The molecule has 1 amide bonds. The van der Waals surface area contributed by atoms with Gasteiger partial charge < -0.3 is 4.90 Å². The number of likely N-dealkylation sites (tertiary alicyclic amines) is 1. The molecule has 27 heavy (non-hydrogen) atoms. The van der Waals surface area contributed by atoms with Gasteiger partial charge in [-0.15, -0.1) is 0 Å². The van der Waals surface area contributed by atoms with E-state index in [9.17, 15) is 4.79 Å². The quantitative estimate of drug-likeness (QED) is 0.810. The number of nitrogens with zero attached hydrogens (tertiary/aromatic N) is 5. The Morgan fingerprint density at radius 2 is 1.89 bits per heavy atom. The van der Waals surface area contributed by atoms with E-state index in [1.165, 1.54) is 11.1 Å². The van der Waals surface area contributed by atoms with E-state index in [1.54, 1.807) is 0 Å². The SMILES string of the molecule is Cn1cc(C2CCCN2CC(=O)N2CCN(Cc3ccccc3)CC2)cn1. The summed E-state index contributed by atoms with van der Waals surface area (Å²) in [5.41, 5.74) is 2.57. The minimum Gasteiger partial charge on any atom is -0.339 e. The topological polar surface area (TPSA) is 44.6 Å². The molecular formula is C21H29N5O. The molecule has 1 aromatic carbocycles. The number of amides is 1. The first-order valence-corrected chi connectivity index (χ1v) is 9.96. The van der Waals surface area contributed by atoms with Crippen LogP contribution in [0.2, 0.25) is 0 Å². The van der Waals surface area contributed by atoms with Gasteiger partial charge in [-0.1, -0.05) is 30.3 Å². The fourth-order valence-corrected chi connectivity index (χ4v) is 4.28. The Hall–Kier alpha value is -2.18. The van der Waals surface area contributed by atoms with Gasteiger partial charge in [-0.25, -0.2) is 0 Å². The van der Waals surface area contributed by atoms with Crippen molar-refractivity contribution in [1.29, 1.82) is 0 Å². The maximum Gasteiger partial charge on any atom is 0.236 e. The molecule has 3 heterocycles. The van der Waals surface area contributed by atoms with Crippen molar-refractivity contribution < 1.29 is 4.79 Å². The molecule has 0 radical (unpaired) electrons. The van der Waals surface area contributed by atoms with Crippen molar-refractivity contribution in [3.63, 3.8) is 0 Å². The third-order valence-corrected chi connectivity index (χ3v) is 5.79. The Morgan fingerprint density at radius 1 is 1.11 bits per heavy atom. The van der Waals surface area contributed by atoms with Gasteiger partial charge in [-0.05, 0) is 24.9 Å². The minimum atomic E-state index is 0.269. The van der Waals surface area contributed by atoms with E-state index in [0.29, 0.717) is 12.6 Å². The van der Waals surface area contributed by atoms with Gasteiger partial charge in [0.25, 0.3) is 0 Å². The molecule has 1 aromatic heterocycles. The highest BCUT2D eigenvalue weighted by Gasteiger charge is 2.30. The van der Waals surface area contributed by atoms with Gasteiger partial charge in [0.1, 0.15) is 0 Å². The van der Waals surface area contributed by atoms with Crippen molar-refractivity contribution in [2.24, 2.45) is 7.05 Å². The summed E-state index contributed by atoms with van der Waals surface area (Å²) in [4.78, 5) is 19.7. The average Bonchev–Trinajstić information content (AvgIpc) is 3.32. The number of piperazine rings is 1.